The van der Waals surface area contributed by atoms with Crippen molar-refractivity contribution in [1.29, 1.82) is 0 Å². The lowest BCUT2D eigenvalue weighted by molar-refractivity contribution is 0.266. The molecule has 0 aromatic heterocycles. The molecule has 1 saturated heterocycles. The molecule has 130 valence electrons. The van der Waals surface area contributed by atoms with E-state index in [2.05, 4.69) is 34.3 Å². The van der Waals surface area contributed by atoms with E-state index in [-0.39, 0.29) is 24.0 Å². The molecule has 0 amide bonds. The van der Waals surface area contributed by atoms with E-state index in [9.17, 15) is 0 Å². The lowest BCUT2D eigenvalue weighted by Crippen LogP contribution is -2.46. The molecule has 1 unspecified atom stereocenters. The first-order chi connectivity index (χ1) is 10.7. The number of methoxy groups -OCH3 is 1. The summed E-state index contributed by atoms with van der Waals surface area (Å²) in [4.78, 5) is 6.82. The number of aryl methyl sites for hydroxylation is 1. The molecule has 1 aliphatic heterocycles. The summed E-state index contributed by atoms with van der Waals surface area (Å²) in [7, 11) is 3.58. The highest BCUT2D eigenvalue weighted by Crippen LogP contribution is 2.15. The van der Waals surface area contributed by atoms with Crippen LogP contribution in [0.4, 0.5) is 0 Å². The number of nitrogens with one attached hydrogen (secondary N) is 1. The van der Waals surface area contributed by atoms with Gasteiger partial charge in [0.2, 0.25) is 0 Å². The fraction of sp³-hybridized carbons (Fsp3) is 0.611. The summed E-state index contributed by atoms with van der Waals surface area (Å²) in [6, 6.07) is 8.33. The Morgan fingerprint density at radius 2 is 2.09 bits per heavy atom. The topological polar surface area (TPSA) is 36.9 Å². The third-order valence-corrected chi connectivity index (χ3v) is 4.25. The number of hydrogen-bond donors (Lipinski definition) is 1. The van der Waals surface area contributed by atoms with Crippen LogP contribution in [0.5, 0.6) is 5.75 Å². The van der Waals surface area contributed by atoms with E-state index >= 15 is 0 Å². The Morgan fingerprint density at radius 3 is 2.70 bits per heavy atom. The molecule has 0 bridgehead atoms. The molecule has 1 aliphatic rings. The fourth-order valence-electron chi connectivity index (χ4n) is 3.00. The molecular weight excluding hydrogens is 401 g/mol. The van der Waals surface area contributed by atoms with E-state index < -0.39 is 0 Å². The van der Waals surface area contributed by atoms with Gasteiger partial charge in [0.05, 0.1) is 7.11 Å². The van der Waals surface area contributed by atoms with E-state index in [0.29, 0.717) is 0 Å². The van der Waals surface area contributed by atoms with Crippen molar-refractivity contribution in [3.63, 3.8) is 0 Å². The zero-order valence-electron chi connectivity index (χ0n) is 14.5. The SMILES string of the molecule is CN=C(NCCCc1ccc(OC)cc1)N1CCCC(C)C1.I. The van der Waals surface area contributed by atoms with E-state index in [1.54, 1.807) is 7.11 Å². The van der Waals surface area contributed by atoms with Crippen molar-refractivity contribution < 1.29 is 4.74 Å². The Morgan fingerprint density at radius 1 is 1.35 bits per heavy atom. The number of hydrogen-bond acceptors (Lipinski definition) is 2. The summed E-state index contributed by atoms with van der Waals surface area (Å²) in [5.74, 6) is 2.74. The molecule has 0 spiro atoms. The Balaban J connectivity index is 0.00000264. The highest BCUT2D eigenvalue weighted by Gasteiger charge is 2.18. The minimum Gasteiger partial charge on any atom is -0.497 e. The van der Waals surface area contributed by atoms with Gasteiger partial charge < -0.3 is 15.0 Å². The first-order valence-electron chi connectivity index (χ1n) is 8.31. The Kier molecular flexibility index (Phi) is 9.36. The fourth-order valence-corrected chi connectivity index (χ4v) is 3.00. The molecule has 1 aromatic carbocycles. The van der Waals surface area contributed by atoms with Crippen LogP contribution >= 0.6 is 24.0 Å². The quantitative estimate of drug-likeness (QED) is 0.335. The van der Waals surface area contributed by atoms with Crippen molar-refractivity contribution in [3.8, 4) is 5.75 Å². The van der Waals surface area contributed by atoms with Gasteiger partial charge in [-0.25, -0.2) is 0 Å². The second-order valence-corrected chi connectivity index (χ2v) is 6.12. The maximum absolute atomic E-state index is 5.18. The predicted molar refractivity (Wildman–Crippen MR) is 108 cm³/mol. The number of ether oxygens (including phenoxy) is 1. The monoisotopic (exact) mass is 431 g/mol. The third-order valence-electron chi connectivity index (χ3n) is 4.25. The molecule has 0 aliphatic carbocycles. The molecule has 0 radical (unpaired) electrons. The summed E-state index contributed by atoms with van der Waals surface area (Å²) in [5, 5.41) is 3.50. The first kappa shape index (κ1) is 20.1. The zero-order valence-corrected chi connectivity index (χ0v) is 16.9. The van der Waals surface area contributed by atoms with Gasteiger partial charge in [0.15, 0.2) is 5.96 Å². The van der Waals surface area contributed by atoms with Gasteiger partial charge in [-0.2, -0.15) is 0 Å². The average molecular weight is 431 g/mol. The van der Waals surface area contributed by atoms with Crippen LogP contribution in [0.25, 0.3) is 0 Å². The normalized spacial score (nSPS) is 18.3. The summed E-state index contributed by atoms with van der Waals surface area (Å²) in [6.45, 7) is 5.54. The molecule has 1 N–H and O–H groups in total. The van der Waals surface area contributed by atoms with Crippen molar-refractivity contribution in [3.05, 3.63) is 29.8 Å². The standard InChI is InChI=1S/C18H29N3O.HI/c1-15-6-5-13-21(14-15)18(19-2)20-12-4-7-16-8-10-17(22-3)11-9-16;/h8-11,15H,4-7,12-14H2,1-3H3,(H,19,20);1H. The molecule has 2 rings (SSSR count). The summed E-state index contributed by atoms with van der Waals surface area (Å²) >= 11 is 0. The molecule has 5 heteroatoms. The van der Waals surface area contributed by atoms with Crippen LogP contribution in [-0.4, -0.2) is 44.7 Å². The van der Waals surface area contributed by atoms with Gasteiger partial charge >= 0.3 is 0 Å². The maximum atomic E-state index is 5.18. The first-order valence-corrected chi connectivity index (χ1v) is 8.31. The molecule has 1 fully saturated rings. The van der Waals surface area contributed by atoms with Crippen LogP contribution < -0.4 is 10.1 Å². The number of rotatable bonds is 5. The number of likely N-dealkylation sites (tertiary alicyclic amines) is 1. The van der Waals surface area contributed by atoms with Crippen molar-refractivity contribution in [2.75, 3.05) is 33.8 Å². The second-order valence-electron chi connectivity index (χ2n) is 6.12. The lowest BCUT2D eigenvalue weighted by atomic mass is 10.0. The van der Waals surface area contributed by atoms with Crippen LogP contribution in [0, 0.1) is 5.92 Å². The van der Waals surface area contributed by atoms with Crippen LogP contribution in [-0.2, 0) is 6.42 Å². The average Bonchev–Trinajstić information content (AvgIpc) is 2.55. The Labute approximate surface area is 157 Å². The van der Waals surface area contributed by atoms with E-state index in [4.69, 9.17) is 4.74 Å². The highest BCUT2D eigenvalue weighted by molar-refractivity contribution is 14.0. The molecule has 4 nitrogen and oxygen atoms in total. The Bertz CT molecular complexity index is 476. The van der Waals surface area contributed by atoms with E-state index in [1.807, 2.05) is 19.2 Å². The summed E-state index contributed by atoms with van der Waals surface area (Å²) < 4.78 is 5.18. The summed E-state index contributed by atoms with van der Waals surface area (Å²) in [5.41, 5.74) is 1.35. The molecule has 1 heterocycles. The largest absolute Gasteiger partial charge is 0.497 e. The number of halogens is 1. The maximum Gasteiger partial charge on any atom is 0.193 e. The molecule has 1 atom stereocenters. The molecule has 0 saturated carbocycles. The van der Waals surface area contributed by atoms with Gasteiger partial charge in [0.1, 0.15) is 5.75 Å². The van der Waals surface area contributed by atoms with Crippen molar-refractivity contribution in [2.45, 2.75) is 32.6 Å². The number of nitrogens with zero attached hydrogens (tertiary/aromatic N) is 2. The molecule has 1 aromatic rings. The van der Waals surface area contributed by atoms with Gasteiger partial charge in [-0.1, -0.05) is 19.1 Å². The van der Waals surface area contributed by atoms with E-state index in [0.717, 1.165) is 50.1 Å². The Hall–Kier alpha value is -0.980. The minimum atomic E-state index is 0. The van der Waals surface area contributed by atoms with Crippen molar-refractivity contribution >= 4 is 29.9 Å². The van der Waals surface area contributed by atoms with Gasteiger partial charge in [0, 0.05) is 26.7 Å². The lowest BCUT2D eigenvalue weighted by Gasteiger charge is -2.33. The van der Waals surface area contributed by atoms with Gasteiger partial charge in [-0.15, -0.1) is 24.0 Å². The van der Waals surface area contributed by atoms with Crippen molar-refractivity contribution in [2.24, 2.45) is 10.9 Å². The number of guanidine groups is 1. The second kappa shape index (κ2) is 10.7. The predicted octanol–water partition coefficient (Wildman–Crippen LogP) is 3.55. The third kappa shape index (κ3) is 6.57. The number of aliphatic imine (C=N–C) groups is 1. The highest BCUT2D eigenvalue weighted by atomic mass is 127. The summed E-state index contributed by atoms with van der Waals surface area (Å²) in [6.07, 6.45) is 4.79. The van der Waals surface area contributed by atoms with Crippen LogP contribution in [0.1, 0.15) is 31.7 Å². The number of benzene rings is 1. The van der Waals surface area contributed by atoms with Crippen LogP contribution in [0.15, 0.2) is 29.3 Å². The molecule has 23 heavy (non-hydrogen) atoms. The minimum absolute atomic E-state index is 0. The van der Waals surface area contributed by atoms with Gasteiger partial charge in [0.25, 0.3) is 0 Å². The smallest absolute Gasteiger partial charge is 0.193 e. The van der Waals surface area contributed by atoms with Gasteiger partial charge in [-0.05, 0) is 49.3 Å². The molecular formula is C18H30IN3O. The zero-order chi connectivity index (χ0) is 15.8. The van der Waals surface area contributed by atoms with E-state index in [1.165, 1.54) is 18.4 Å². The van der Waals surface area contributed by atoms with Gasteiger partial charge in [-0.3, -0.25) is 4.99 Å². The van der Waals surface area contributed by atoms with Crippen molar-refractivity contribution in [1.82, 2.24) is 10.2 Å². The van der Waals surface area contributed by atoms with Crippen LogP contribution in [0.2, 0.25) is 0 Å². The van der Waals surface area contributed by atoms with Crippen LogP contribution in [0.3, 0.4) is 0 Å². The number of piperidine rings is 1.